The zero-order valence-corrected chi connectivity index (χ0v) is 30.0. The standard InChI is InChI=1S/C28H43FN4.C3H8.C2H6.C2H4.CH3NS/c1-8-24-18-25-19-32-33(22(6)13-12-21(5)29)28(25)17-20(4)11-14-27(24)23(7)31-16-15-26(9-2)30-10-3;1-3-2;2*1-2;1-2-3/h9-10,12-13,17,19,23-25,27-28,31H,2-3,8,11,14-16,18H2,1,4-7H3;3H2,1-2H3;1-2H3;1-2H2;1H3/b20-17+,21-12+,22-13+,30-26?;;;;/t23?,24-,25?,27?,28?;;;;/m0..../s1. The summed E-state index contributed by atoms with van der Waals surface area (Å²) < 4.78 is 16.3. The number of hydrogen-bond acceptors (Lipinski definition) is 6. The molecule has 5 atom stereocenters. The van der Waals surface area contributed by atoms with Gasteiger partial charge >= 0.3 is 0 Å². The van der Waals surface area contributed by atoms with Gasteiger partial charge in [-0.05, 0) is 77.0 Å². The molecule has 0 fully saturated rings. The van der Waals surface area contributed by atoms with Gasteiger partial charge in [-0.25, -0.2) is 8.75 Å². The number of fused-ring (bicyclic) bond motifs is 1. The molecule has 0 radical (unpaired) electrons. The van der Waals surface area contributed by atoms with Gasteiger partial charge in [0.15, 0.2) is 0 Å². The Bertz CT molecular complexity index is 901. The molecule has 0 aromatic heterocycles. The van der Waals surface area contributed by atoms with E-state index < -0.39 is 0 Å². The maximum Gasteiger partial charge on any atom is 0.0969 e. The van der Waals surface area contributed by atoms with Crippen molar-refractivity contribution in [3.8, 4) is 0 Å². The fourth-order valence-corrected chi connectivity index (χ4v) is 5.11. The SMILES string of the molecule is C=C.C=CN=C(C=C)CCNC(C)C1CC/C(C)=C/C2C(C=NN2/C(C)=C/C=C(\C)F)C[C@@H]1CC.CC.CCC.CN=S. The summed E-state index contributed by atoms with van der Waals surface area (Å²) in [6, 6.07) is 0.624. The first-order valence-corrected chi connectivity index (χ1v) is 16.3. The number of hydrogen-bond donors (Lipinski definition) is 1. The third-order valence-electron chi connectivity index (χ3n) is 7.03. The van der Waals surface area contributed by atoms with Crippen molar-refractivity contribution in [1.29, 1.82) is 0 Å². The average molecular weight is 618 g/mol. The van der Waals surface area contributed by atoms with Crippen LogP contribution in [0.1, 0.15) is 101 Å². The molecule has 0 bridgehead atoms. The normalized spacial score (nSPS) is 23.6. The lowest BCUT2D eigenvalue weighted by Gasteiger charge is -2.34. The second-order valence-electron chi connectivity index (χ2n) is 10.3. The van der Waals surface area contributed by atoms with Gasteiger partial charge in [0.05, 0.1) is 11.9 Å². The van der Waals surface area contributed by atoms with E-state index in [2.05, 4.69) is 105 Å². The minimum absolute atomic E-state index is 0.193. The van der Waals surface area contributed by atoms with Gasteiger partial charge in [-0.15, -0.1) is 13.2 Å². The minimum Gasteiger partial charge on any atom is -0.314 e. The third-order valence-corrected chi connectivity index (χ3v) is 7.03. The van der Waals surface area contributed by atoms with Crippen molar-refractivity contribution in [3.05, 3.63) is 73.9 Å². The summed E-state index contributed by atoms with van der Waals surface area (Å²) in [7, 11) is 1.56. The highest BCUT2D eigenvalue weighted by atomic mass is 32.1. The van der Waals surface area contributed by atoms with Crippen molar-refractivity contribution in [1.82, 2.24) is 10.3 Å². The van der Waals surface area contributed by atoms with Gasteiger partial charge in [-0.2, -0.15) is 5.10 Å². The van der Waals surface area contributed by atoms with Gasteiger partial charge in [0.2, 0.25) is 0 Å². The number of allylic oxidation sites excluding steroid dienone is 6. The lowest BCUT2D eigenvalue weighted by atomic mass is 9.76. The Labute approximate surface area is 271 Å². The number of nitrogens with zero attached hydrogens (tertiary/aromatic N) is 4. The molecule has 1 heterocycles. The largest absolute Gasteiger partial charge is 0.314 e. The van der Waals surface area contributed by atoms with Crippen LogP contribution in [0.3, 0.4) is 0 Å². The Kier molecular flexibility index (Phi) is 30.9. The fraction of sp³-hybridized carbons (Fsp3) is 0.611. The molecule has 0 amide bonds. The molecule has 1 aliphatic heterocycles. The van der Waals surface area contributed by atoms with E-state index in [1.807, 2.05) is 32.9 Å². The van der Waals surface area contributed by atoms with Crippen LogP contribution >= 0.6 is 0 Å². The number of rotatable bonds is 10. The molecule has 0 spiro atoms. The number of hydrazone groups is 1. The zero-order chi connectivity index (χ0) is 33.8. The van der Waals surface area contributed by atoms with Crippen LogP contribution in [-0.4, -0.2) is 42.6 Å². The first-order valence-electron chi connectivity index (χ1n) is 15.9. The molecular formula is C36H64FN5S. The molecular weight excluding hydrogens is 553 g/mol. The molecule has 4 unspecified atom stereocenters. The van der Waals surface area contributed by atoms with Crippen LogP contribution < -0.4 is 5.32 Å². The second-order valence-corrected chi connectivity index (χ2v) is 10.7. The van der Waals surface area contributed by atoms with E-state index in [1.165, 1.54) is 31.4 Å². The van der Waals surface area contributed by atoms with Crippen LogP contribution in [-0.2, 0) is 12.4 Å². The number of nitrogens with one attached hydrogen (secondary N) is 1. The molecule has 1 N–H and O–H groups in total. The van der Waals surface area contributed by atoms with Crippen LogP contribution in [0.4, 0.5) is 4.39 Å². The van der Waals surface area contributed by atoms with Crippen LogP contribution in [0.5, 0.6) is 0 Å². The monoisotopic (exact) mass is 617 g/mol. The molecule has 43 heavy (non-hydrogen) atoms. The van der Waals surface area contributed by atoms with Crippen LogP contribution in [0, 0.1) is 17.8 Å². The zero-order valence-electron chi connectivity index (χ0n) is 29.2. The number of halogens is 1. The van der Waals surface area contributed by atoms with Gasteiger partial charge < -0.3 is 5.32 Å². The second kappa shape index (κ2) is 29.6. The van der Waals surface area contributed by atoms with E-state index in [-0.39, 0.29) is 11.9 Å². The third kappa shape index (κ3) is 19.4. The highest BCUT2D eigenvalue weighted by molar-refractivity contribution is 7.47. The Morgan fingerprint density at radius 1 is 1.21 bits per heavy atom. The van der Waals surface area contributed by atoms with Gasteiger partial charge in [0, 0.05) is 68.2 Å². The molecule has 7 heteroatoms. The average Bonchev–Trinajstić information content (AvgIpc) is 3.41. The van der Waals surface area contributed by atoms with Crippen LogP contribution in [0.2, 0.25) is 0 Å². The predicted molar refractivity (Wildman–Crippen MR) is 195 cm³/mol. The van der Waals surface area contributed by atoms with Crippen molar-refractivity contribution in [2.24, 2.45) is 32.2 Å². The quantitative estimate of drug-likeness (QED) is 0.151. The first-order chi connectivity index (χ1) is 20.6. The van der Waals surface area contributed by atoms with Gasteiger partial charge in [-0.3, -0.25) is 10.0 Å². The summed E-state index contributed by atoms with van der Waals surface area (Å²) in [5.74, 6) is 1.38. The maximum atomic E-state index is 13.2. The lowest BCUT2D eigenvalue weighted by Crippen LogP contribution is -2.39. The Morgan fingerprint density at radius 3 is 2.28 bits per heavy atom. The summed E-state index contributed by atoms with van der Waals surface area (Å²) in [5.41, 5.74) is 3.35. The molecule has 246 valence electrons. The topological polar surface area (TPSA) is 52.4 Å². The maximum absolute atomic E-state index is 13.2. The Morgan fingerprint density at radius 2 is 1.79 bits per heavy atom. The summed E-state index contributed by atoms with van der Waals surface area (Å²) in [5, 5.41) is 10.6. The molecule has 5 nitrogen and oxygen atoms in total. The minimum atomic E-state index is -0.193. The highest BCUT2D eigenvalue weighted by Crippen LogP contribution is 2.37. The van der Waals surface area contributed by atoms with E-state index in [0.29, 0.717) is 23.8 Å². The molecule has 0 aromatic rings. The lowest BCUT2D eigenvalue weighted by molar-refractivity contribution is 0.200. The van der Waals surface area contributed by atoms with Gasteiger partial charge in [0.25, 0.3) is 0 Å². The highest BCUT2D eigenvalue weighted by Gasteiger charge is 2.36. The molecule has 0 aromatic carbocycles. The van der Waals surface area contributed by atoms with E-state index >= 15 is 0 Å². The predicted octanol–water partition coefficient (Wildman–Crippen LogP) is 10.6. The molecule has 2 aliphatic rings. The number of aliphatic imine (C=N–C) groups is 1. The van der Waals surface area contributed by atoms with Gasteiger partial charge in [0.1, 0.15) is 0 Å². The first kappa shape index (κ1) is 44.9. The smallest absolute Gasteiger partial charge is 0.0969 e. The van der Waals surface area contributed by atoms with Crippen molar-refractivity contribution in [2.75, 3.05) is 13.6 Å². The van der Waals surface area contributed by atoms with Crippen molar-refractivity contribution >= 4 is 24.4 Å². The van der Waals surface area contributed by atoms with E-state index in [1.54, 1.807) is 13.2 Å². The summed E-state index contributed by atoms with van der Waals surface area (Å²) >= 11 is 4.02. The fourth-order valence-electron chi connectivity index (χ4n) is 5.11. The van der Waals surface area contributed by atoms with Crippen molar-refractivity contribution in [2.45, 2.75) is 113 Å². The summed E-state index contributed by atoms with van der Waals surface area (Å²) in [6.45, 7) is 33.0. The Hall–Kier alpha value is -2.51. The van der Waals surface area contributed by atoms with Crippen molar-refractivity contribution in [3.63, 3.8) is 0 Å². The molecule has 0 saturated heterocycles. The van der Waals surface area contributed by atoms with E-state index in [0.717, 1.165) is 43.6 Å². The molecule has 0 saturated carbocycles. The van der Waals surface area contributed by atoms with Crippen LogP contribution in [0.15, 0.2) is 88.4 Å². The van der Waals surface area contributed by atoms with Crippen molar-refractivity contribution < 1.29 is 4.39 Å². The van der Waals surface area contributed by atoms with E-state index in [9.17, 15) is 4.39 Å². The van der Waals surface area contributed by atoms with E-state index in [4.69, 9.17) is 5.10 Å². The Balaban J connectivity index is -0.00000142. The van der Waals surface area contributed by atoms with Crippen LogP contribution in [0.25, 0.3) is 0 Å². The summed E-state index contributed by atoms with van der Waals surface area (Å²) in [6.07, 6.45) is 17.9. The summed E-state index contributed by atoms with van der Waals surface area (Å²) in [4.78, 5) is 4.28. The molecule has 1 aliphatic carbocycles. The molecule has 2 rings (SSSR count). The van der Waals surface area contributed by atoms with Gasteiger partial charge in [-0.1, -0.05) is 72.3 Å².